The minimum Gasteiger partial charge on any atom is -0.497 e. The molecule has 0 aliphatic rings. The summed E-state index contributed by atoms with van der Waals surface area (Å²) in [4.78, 5) is 16.7. The number of methoxy groups -OCH3 is 1. The van der Waals surface area contributed by atoms with Gasteiger partial charge in [-0.3, -0.25) is 4.79 Å². The zero-order valence-corrected chi connectivity index (χ0v) is 15.6. The number of carbonyl (C=O) groups is 1. The van der Waals surface area contributed by atoms with Gasteiger partial charge in [0.25, 0.3) is 5.91 Å². The molecule has 2 aromatic carbocycles. The van der Waals surface area contributed by atoms with E-state index in [1.165, 1.54) is 0 Å². The van der Waals surface area contributed by atoms with E-state index in [9.17, 15) is 4.79 Å². The molecule has 3 aromatic rings. The van der Waals surface area contributed by atoms with E-state index in [0.717, 1.165) is 27.8 Å². The van der Waals surface area contributed by atoms with Gasteiger partial charge in [0.05, 0.1) is 7.11 Å². The maximum Gasteiger partial charge on any atom is 0.251 e. The number of imidazole rings is 1. The molecule has 1 N–H and O–H groups in total. The standard InChI is InChI=1S/C20H21N3O2S/c1-23-11-10-21-20(23)26-14-16-4-3-5-17(12-16)19(24)22-13-15-6-8-18(25-2)9-7-15/h3-12H,13-14H2,1-2H3,(H,22,24). The van der Waals surface area contributed by atoms with Crippen molar-refractivity contribution in [2.75, 3.05) is 7.11 Å². The fourth-order valence-corrected chi connectivity index (χ4v) is 3.34. The number of nitrogens with one attached hydrogen (secondary N) is 1. The molecular formula is C20H21N3O2S. The van der Waals surface area contributed by atoms with Crippen LogP contribution in [0.3, 0.4) is 0 Å². The molecule has 6 heteroatoms. The van der Waals surface area contributed by atoms with E-state index in [1.54, 1.807) is 25.1 Å². The molecule has 1 aromatic heterocycles. The van der Waals surface area contributed by atoms with Crippen LogP contribution in [0.15, 0.2) is 66.1 Å². The average Bonchev–Trinajstić information content (AvgIpc) is 3.10. The van der Waals surface area contributed by atoms with Crippen LogP contribution in [0.25, 0.3) is 0 Å². The molecular weight excluding hydrogens is 346 g/mol. The zero-order valence-electron chi connectivity index (χ0n) is 14.8. The largest absolute Gasteiger partial charge is 0.497 e. The lowest BCUT2D eigenvalue weighted by molar-refractivity contribution is 0.0951. The van der Waals surface area contributed by atoms with Gasteiger partial charge in [-0.25, -0.2) is 4.98 Å². The number of nitrogens with zero attached hydrogens (tertiary/aromatic N) is 2. The summed E-state index contributed by atoms with van der Waals surface area (Å²) in [5.74, 6) is 1.49. The van der Waals surface area contributed by atoms with E-state index in [2.05, 4.69) is 10.3 Å². The molecule has 0 atom stereocenters. The number of benzene rings is 2. The summed E-state index contributed by atoms with van der Waals surface area (Å²) in [7, 11) is 3.61. The van der Waals surface area contributed by atoms with E-state index in [-0.39, 0.29) is 5.91 Å². The predicted molar refractivity (Wildman–Crippen MR) is 103 cm³/mol. The number of ether oxygens (including phenoxy) is 1. The number of hydrogen-bond donors (Lipinski definition) is 1. The Morgan fingerprint density at radius 1 is 1.19 bits per heavy atom. The second kappa shape index (κ2) is 8.58. The molecule has 0 saturated carbocycles. The fourth-order valence-electron chi connectivity index (χ4n) is 2.47. The van der Waals surface area contributed by atoms with Crippen LogP contribution in [0.2, 0.25) is 0 Å². The fraction of sp³-hybridized carbons (Fsp3) is 0.200. The Balaban J connectivity index is 1.57. The van der Waals surface area contributed by atoms with E-state index in [0.29, 0.717) is 12.1 Å². The van der Waals surface area contributed by atoms with Crippen molar-refractivity contribution in [1.82, 2.24) is 14.9 Å². The summed E-state index contributed by atoms with van der Waals surface area (Å²) in [5, 5.41) is 3.91. The number of carbonyl (C=O) groups excluding carboxylic acids is 1. The monoisotopic (exact) mass is 367 g/mol. The van der Waals surface area contributed by atoms with Crippen molar-refractivity contribution in [2.45, 2.75) is 17.5 Å². The van der Waals surface area contributed by atoms with Gasteiger partial charge in [-0.2, -0.15) is 0 Å². The minimum atomic E-state index is -0.0790. The van der Waals surface area contributed by atoms with E-state index in [4.69, 9.17) is 4.74 Å². The highest BCUT2D eigenvalue weighted by molar-refractivity contribution is 7.98. The first-order valence-corrected chi connectivity index (χ1v) is 9.24. The number of thioether (sulfide) groups is 1. The number of hydrogen-bond acceptors (Lipinski definition) is 4. The second-order valence-corrected chi connectivity index (χ2v) is 6.78. The van der Waals surface area contributed by atoms with Crippen molar-refractivity contribution < 1.29 is 9.53 Å². The SMILES string of the molecule is COc1ccc(CNC(=O)c2cccc(CSc3nccn3C)c2)cc1. The summed E-state index contributed by atoms with van der Waals surface area (Å²) in [6, 6.07) is 15.4. The molecule has 0 fully saturated rings. The molecule has 134 valence electrons. The minimum absolute atomic E-state index is 0.0790. The number of rotatable bonds is 7. The van der Waals surface area contributed by atoms with Gasteiger partial charge >= 0.3 is 0 Å². The lowest BCUT2D eigenvalue weighted by Gasteiger charge is -2.08. The summed E-state index contributed by atoms with van der Waals surface area (Å²) in [6.07, 6.45) is 3.71. The molecule has 0 radical (unpaired) electrons. The van der Waals surface area contributed by atoms with E-state index in [1.807, 2.05) is 66.3 Å². The quantitative estimate of drug-likeness (QED) is 0.648. The maximum absolute atomic E-state index is 12.4. The lowest BCUT2D eigenvalue weighted by Crippen LogP contribution is -2.22. The third-order valence-electron chi connectivity index (χ3n) is 3.95. The summed E-state index contributed by atoms with van der Waals surface area (Å²) < 4.78 is 7.12. The molecule has 1 amide bonds. The Hall–Kier alpha value is -2.73. The Kier molecular flexibility index (Phi) is 5.96. The first-order chi connectivity index (χ1) is 12.7. The molecule has 0 spiro atoms. The van der Waals surface area contributed by atoms with Crippen LogP contribution in [0, 0.1) is 0 Å². The van der Waals surface area contributed by atoms with Gasteiger partial charge in [0.15, 0.2) is 5.16 Å². The molecule has 26 heavy (non-hydrogen) atoms. The van der Waals surface area contributed by atoms with Crippen molar-refractivity contribution >= 4 is 17.7 Å². The van der Waals surface area contributed by atoms with Crippen LogP contribution >= 0.6 is 11.8 Å². The summed E-state index contributed by atoms with van der Waals surface area (Å²) >= 11 is 1.65. The topological polar surface area (TPSA) is 56.1 Å². The van der Waals surface area contributed by atoms with Gasteiger partial charge in [-0.05, 0) is 35.4 Å². The Morgan fingerprint density at radius 3 is 2.69 bits per heavy atom. The predicted octanol–water partition coefficient (Wildman–Crippen LogP) is 3.65. The molecule has 0 aliphatic heterocycles. The van der Waals surface area contributed by atoms with Crippen LogP contribution in [0.5, 0.6) is 5.75 Å². The van der Waals surface area contributed by atoms with Gasteiger partial charge in [0, 0.05) is 37.3 Å². The third kappa shape index (κ3) is 4.67. The van der Waals surface area contributed by atoms with Gasteiger partial charge in [0.2, 0.25) is 0 Å². The second-order valence-electron chi connectivity index (χ2n) is 5.84. The van der Waals surface area contributed by atoms with Crippen molar-refractivity contribution in [1.29, 1.82) is 0 Å². The summed E-state index contributed by atoms with van der Waals surface area (Å²) in [5.41, 5.74) is 2.78. The number of aromatic nitrogens is 2. The number of amides is 1. The molecule has 5 nitrogen and oxygen atoms in total. The van der Waals surface area contributed by atoms with Gasteiger partial charge in [0.1, 0.15) is 5.75 Å². The molecule has 0 saturated heterocycles. The third-order valence-corrected chi connectivity index (χ3v) is 5.08. The Bertz CT molecular complexity index is 875. The van der Waals surface area contributed by atoms with Gasteiger partial charge < -0.3 is 14.6 Å². The molecule has 3 rings (SSSR count). The first kappa shape index (κ1) is 18.1. The first-order valence-electron chi connectivity index (χ1n) is 8.26. The van der Waals surface area contributed by atoms with Gasteiger partial charge in [-0.1, -0.05) is 36.0 Å². The highest BCUT2D eigenvalue weighted by atomic mass is 32.2. The molecule has 1 heterocycles. The highest BCUT2D eigenvalue weighted by Crippen LogP contribution is 2.21. The molecule has 0 unspecified atom stereocenters. The average molecular weight is 367 g/mol. The van der Waals surface area contributed by atoms with Crippen LogP contribution in [0.4, 0.5) is 0 Å². The van der Waals surface area contributed by atoms with Crippen LogP contribution in [0.1, 0.15) is 21.5 Å². The lowest BCUT2D eigenvalue weighted by atomic mass is 10.1. The highest BCUT2D eigenvalue weighted by Gasteiger charge is 2.07. The van der Waals surface area contributed by atoms with Crippen molar-refractivity contribution in [3.8, 4) is 5.75 Å². The van der Waals surface area contributed by atoms with Crippen LogP contribution < -0.4 is 10.1 Å². The Labute approximate surface area is 157 Å². The van der Waals surface area contributed by atoms with Crippen molar-refractivity contribution in [2.24, 2.45) is 7.05 Å². The zero-order chi connectivity index (χ0) is 18.4. The smallest absolute Gasteiger partial charge is 0.251 e. The van der Waals surface area contributed by atoms with Crippen molar-refractivity contribution in [3.63, 3.8) is 0 Å². The van der Waals surface area contributed by atoms with Crippen molar-refractivity contribution in [3.05, 3.63) is 77.6 Å². The van der Waals surface area contributed by atoms with Crippen LogP contribution in [-0.4, -0.2) is 22.6 Å². The van der Waals surface area contributed by atoms with Crippen LogP contribution in [-0.2, 0) is 19.3 Å². The maximum atomic E-state index is 12.4. The summed E-state index contributed by atoms with van der Waals surface area (Å²) in [6.45, 7) is 0.481. The van der Waals surface area contributed by atoms with Gasteiger partial charge in [-0.15, -0.1) is 0 Å². The molecule has 0 aliphatic carbocycles. The Morgan fingerprint density at radius 2 is 2.00 bits per heavy atom. The molecule has 0 bridgehead atoms. The van der Waals surface area contributed by atoms with E-state index >= 15 is 0 Å². The normalized spacial score (nSPS) is 10.5. The van der Waals surface area contributed by atoms with E-state index < -0.39 is 0 Å². The number of aryl methyl sites for hydroxylation is 1.